The van der Waals surface area contributed by atoms with E-state index in [0.29, 0.717) is 25.2 Å². The summed E-state index contributed by atoms with van der Waals surface area (Å²) in [6, 6.07) is 7.11. The van der Waals surface area contributed by atoms with Crippen LogP contribution in [-0.2, 0) is 4.74 Å². The minimum absolute atomic E-state index is 0.0745. The van der Waals surface area contributed by atoms with Gasteiger partial charge in [0.25, 0.3) is 0 Å². The molecular formula is C24H35N5O4. The first-order valence-corrected chi connectivity index (χ1v) is 11.7. The van der Waals surface area contributed by atoms with Gasteiger partial charge < -0.3 is 30.1 Å². The fourth-order valence-electron chi connectivity index (χ4n) is 4.23. The number of aromatic nitrogens is 2. The van der Waals surface area contributed by atoms with Gasteiger partial charge in [-0.15, -0.1) is 0 Å². The number of carbonyl (C=O) groups is 1. The van der Waals surface area contributed by atoms with E-state index in [2.05, 4.69) is 57.5 Å². The Labute approximate surface area is 195 Å². The first-order chi connectivity index (χ1) is 16.0. The fraction of sp³-hybridized carbons (Fsp3) is 0.542. The number of rotatable bonds is 11. The number of carboxylic acid groups (broad SMARTS) is 1. The minimum atomic E-state index is -1.01. The maximum absolute atomic E-state index is 11.0. The van der Waals surface area contributed by atoms with Gasteiger partial charge in [0.15, 0.2) is 0 Å². The highest BCUT2D eigenvalue weighted by Crippen LogP contribution is 2.35. The summed E-state index contributed by atoms with van der Waals surface area (Å²) in [6.07, 6.45) is 5.21. The third-order valence-corrected chi connectivity index (χ3v) is 5.95. The second-order valence-corrected chi connectivity index (χ2v) is 8.01. The van der Waals surface area contributed by atoms with E-state index >= 15 is 0 Å². The summed E-state index contributed by atoms with van der Waals surface area (Å²) in [4.78, 5) is 22.0. The average molecular weight is 458 g/mol. The molecule has 0 aliphatic carbocycles. The number of hydrogen-bond donors (Lipinski definition) is 3. The summed E-state index contributed by atoms with van der Waals surface area (Å²) in [5.74, 6) is 0.0745. The van der Waals surface area contributed by atoms with Crippen LogP contribution in [0.5, 0.6) is 6.01 Å². The van der Waals surface area contributed by atoms with Crippen molar-refractivity contribution >= 4 is 23.2 Å². The van der Waals surface area contributed by atoms with Crippen molar-refractivity contribution < 1.29 is 19.4 Å². The molecule has 1 saturated heterocycles. The largest absolute Gasteiger partial charge is 0.465 e. The van der Waals surface area contributed by atoms with Gasteiger partial charge in [-0.05, 0) is 50.8 Å². The van der Waals surface area contributed by atoms with E-state index in [1.165, 1.54) is 0 Å². The van der Waals surface area contributed by atoms with Crippen molar-refractivity contribution in [2.24, 2.45) is 0 Å². The van der Waals surface area contributed by atoms with E-state index < -0.39 is 6.09 Å². The van der Waals surface area contributed by atoms with Gasteiger partial charge in [-0.25, -0.2) is 14.8 Å². The third kappa shape index (κ3) is 6.71. The third-order valence-electron chi connectivity index (χ3n) is 5.95. The maximum atomic E-state index is 11.0. The molecule has 1 amide bonds. The monoisotopic (exact) mass is 457 g/mol. The fourth-order valence-corrected chi connectivity index (χ4v) is 4.23. The molecule has 0 spiro atoms. The van der Waals surface area contributed by atoms with E-state index in [1.54, 1.807) is 12.4 Å². The van der Waals surface area contributed by atoms with Crippen molar-refractivity contribution in [3.8, 4) is 6.01 Å². The zero-order valence-corrected chi connectivity index (χ0v) is 19.7. The molecule has 1 unspecified atom stereocenters. The second-order valence-electron chi connectivity index (χ2n) is 8.01. The lowest BCUT2D eigenvalue weighted by atomic mass is 9.94. The lowest BCUT2D eigenvalue weighted by Gasteiger charge is -2.37. The molecule has 1 aromatic carbocycles. The van der Waals surface area contributed by atoms with Gasteiger partial charge in [-0.3, -0.25) is 0 Å². The standard InChI is InChI=1S/C24H35N5O4/c1-4-17(14-27-24(30)31)18-7-8-22(29(5-2)20-9-11-32-12-10-20)21(13-18)28-19-15-25-23(26-16-19)33-6-3/h7-8,13,15-17,20,27-28H,4-6,9-12,14H2,1-3H3,(H,30,31). The molecule has 2 aromatic rings. The second kappa shape index (κ2) is 12.2. The van der Waals surface area contributed by atoms with Crippen LogP contribution in [0.2, 0.25) is 0 Å². The Hall–Kier alpha value is -3.07. The van der Waals surface area contributed by atoms with Crippen LogP contribution >= 0.6 is 0 Å². The molecule has 2 heterocycles. The molecule has 1 aromatic heterocycles. The van der Waals surface area contributed by atoms with Gasteiger partial charge in [0.1, 0.15) is 0 Å². The van der Waals surface area contributed by atoms with Crippen LogP contribution in [0.4, 0.5) is 21.9 Å². The van der Waals surface area contributed by atoms with Gasteiger partial charge in [-0.2, -0.15) is 0 Å². The van der Waals surface area contributed by atoms with Gasteiger partial charge in [0.05, 0.1) is 36.1 Å². The maximum Gasteiger partial charge on any atom is 0.404 e. The number of ether oxygens (including phenoxy) is 2. The highest BCUT2D eigenvalue weighted by atomic mass is 16.5. The van der Waals surface area contributed by atoms with E-state index in [4.69, 9.17) is 14.6 Å². The Morgan fingerprint density at radius 3 is 2.58 bits per heavy atom. The molecule has 9 heteroatoms. The van der Waals surface area contributed by atoms with Crippen molar-refractivity contribution in [2.75, 3.05) is 43.1 Å². The van der Waals surface area contributed by atoms with Gasteiger partial charge in [0.2, 0.25) is 0 Å². The predicted molar refractivity (Wildman–Crippen MR) is 129 cm³/mol. The van der Waals surface area contributed by atoms with Gasteiger partial charge >= 0.3 is 12.1 Å². The zero-order valence-electron chi connectivity index (χ0n) is 19.7. The smallest absolute Gasteiger partial charge is 0.404 e. The van der Waals surface area contributed by atoms with Crippen molar-refractivity contribution in [1.82, 2.24) is 15.3 Å². The molecule has 0 radical (unpaired) electrons. The predicted octanol–water partition coefficient (Wildman–Crippen LogP) is 4.39. The van der Waals surface area contributed by atoms with Crippen LogP contribution in [0.1, 0.15) is 51.5 Å². The van der Waals surface area contributed by atoms with Crippen LogP contribution in [0.15, 0.2) is 30.6 Å². The summed E-state index contributed by atoms with van der Waals surface area (Å²) in [6.45, 7) is 9.42. The van der Waals surface area contributed by atoms with Crippen molar-refractivity contribution in [3.63, 3.8) is 0 Å². The Morgan fingerprint density at radius 2 is 1.97 bits per heavy atom. The lowest BCUT2D eigenvalue weighted by Crippen LogP contribution is -2.39. The van der Waals surface area contributed by atoms with Crippen molar-refractivity contribution in [1.29, 1.82) is 0 Å². The molecule has 3 rings (SSSR count). The number of amides is 1. The normalized spacial score (nSPS) is 15.0. The molecule has 180 valence electrons. The summed E-state index contributed by atoms with van der Waals surface area (Å²) in [5, 5.41) is 15.1. The Balaban J connectivity index is 1.93. The molecule has 9 nitrogen and oxygen atoms in total. The first-order valence-electron chi connectivity index (χ1n) is 11.7. The number of nitrogens with zero attached hydrogens (tertiary/aromatic N) is 3. The number of benzene rings is 1. The lowest BCUT2D eigenvalue weighted by molar-refractivity contribution is 0.0846. The van der Waals surface area contributed by atoms with Crippen molar-refractivity contribution in [2.45, 2.75) is 52.0 Å². The van der Waals surface area contributed by atoms with Crippen LogP contribution in [0, 0.1) is 0 Å². The van der Waals surface area contributed by atoms with Gasteiger partial charge in [0, 0.05) is 38.3 Å². The summed E-state index contributed by atoms with van der Waals surface area (Å²) >= 11 is 0. The van der Waals surface area contributed by atoms with Crippen LogP contribution in [-0.4, -0.2) is 60.1 Å². The average Bonchev–Trinajstić information content (AvgIpc) is 2.83. The number of anilines is 3. The zero-order chi connectivity index (χ0) is 23.6. The Kier molecular flexibility index (Phi) is 9.12. The molecule has 0 bridgehead atoms. The quantitative estimate of drug-likeness (QED) is 0.456. The van der Waals surface area contributed by atoms with E-state index in [-0.39, 0.29) is 5.92 Å². The molecule has 3 N–H and O–H groups in total. The number of nitrogens with one attached hydrogen (secondary N) is 2. The molecule has 0 saturated carbocycles. The van der Waals surface area contributed by atoms with E-state index in [1.807, 2.05) is 6.92 Å². The molecule has 33 heavy (non-hydrogen) atoms. The molecule has 1 aliphatic heterocycles. The minimum Gasteiger partial charge on any atom is -0.465 e. The first kappa shape index (κ1) is 24.6. The Bertz CT molecular complexity index is 887. The van der Waals surface area contributed by atoms with Crippen molar-refractivity contribution in [3.05, 3.63) is 36.2 Å². The SMILES string of the molecule is CCOc1ncc(Nc2cc(C(CC)CNC(=O)O)ccc2N(CC)C2CCOCC2)cn1. The van der Waals surface area contributed by atoms with E-state index in [9.17, 15) is 4.79 Å². The van der Waals surface area contributed by atoms with Crippen LogP contribution in [0.25, 0.3) is 0 Å². The highest BCUT2D eigenvalue weighted by Gasteiger charge is 2.24. The number of hydrogen-bond acceptors (Lipinski definition) is 7. The molecular weight excluding hydrogens is 422 g/mol. The summed E-state index contributed by atoms with van der Waals surface area (Å²) < 4.78 is 10.9. The molecule has 1 atom stereocenters. The topological polar surface area (TPSA) is 109 Å². The van der Waals surface area contributed by atoms with Crippen LogP contribution in [0.3, 0.4) is 0 Å². The highest BCUT2D eigenvalue weighted by molar-refractivity contribution is 5.76. The molecule has 1 fully saturated rings. The van der Waals surface area contributed by atoms with E-state index in [0.717, 1.165) is 61.6 Å². The Morgan fingerprint density at radius 1 is 1.24 bits per heavy atom. The summed E-state index contributed by atoms with van der Waals surface area (Å²) in [5.41, 5.74) is 3.88. The van der Waals surface area contributed by atoms with Crippen LogP contribution < -0.4 is 20.3 Å². The molecule has 1 aliphatic rings. The van der Waals surface area contributed by atoms with Gasteiger partial charge in [-0.1, -0.05) is 13.0 Å². The summed E-state index contributed by atoms with van der Waals surface area (Å²) in [7, 11) is 0.